The van der Waals surface area contributed by atoms with Gasteiger partial charge in [0, 0.05) is 0 Å². The number of hydrogen-bond donors (Lipinski definition) is 0. The third-order valence-corrected chi connectivity index (χ3v) is 6.21. The van der Waals surface area contributed by atoms with Crippen LogP contribution in [0.15, 0.2) is 52.4 Å². The summed E-state index contributed by atoms with van der Waals surface area (Å²) in [4.78, 5) is 20.1. The average Bonchev–Trinajstić information content (AvgIpc) is 3.35. The minimum Gasteiger partial charge on any atom is -0.493 e. The van der Waals surface area contributed by atoms with Gasteiger partial charge in [0.1, 0.15) is 5.01 Å². The maximum absolute atomic E-state index is 13.4. The Hall–Kier alpha value is -3.37. The molecule has 0 saturated carbocycles. The molecule has 2 heterocycles. The zero-order chi connectivity index (χ0) is 22.7. The smallest absolute Gasteiger partial charge is 0.271 e. The van der Waals surface area contributed by atoms with Gasteiger partial charge in [-0.15, -0.1) is 10.2 Å². The maximum Gasteiger partial charge on any atom is 0.271 e. The van der Waals surface area contributed by atoms with Crippen molar-refractivity contribution in [3.8, 4) is 17.2 Å². The Balaban J connectivity index is 1.78. The van der Waals surface area contributed by atoms with E-state index in [0.29, 0.717) is 32.5 Å². The summed E-state index contributed by atoms with van der Waals surface area (Å²) in [5.41, 5.74) is 1.45. The molecule has 0 aliphatic carbocycles. The molecule has 164 valence electrons. The molecule has 0 radical (unpaired) electrons. The molecule has 1 aromatic heterocycles. The highest BCUT2D eigenvalue weighted by atomic mass is 32.2. The lowest BCUT2D eigenvalue weighted by Crippen LogP contribution is -2.28. The number of carbonyl (C=O) groups excluding carboxylic acids is 1. The number of aromatic nitrogens is 2. The van der Waals surface area contributed by atoms with Crippen molar-refractivity contribution in [1.29, 1.82) is 0 Å². The summed E-state index contributed by atoms with van der Waals surface area (Å²) in [6.45, 7) is 1.86. The van der Waals surface area contributed by atoms with Crippen LogP contribution in [0.3, 0.4) is 0 Å². The van der Waals surface area contributed by atoms with Crippen molar-refractivity contribution in [1.82, 2.24) is 10.2 Å². The molecule has 0 N–H and O–H groups in total. The molecular weight excluding hydrogens is 448 g/mol. The average molecular weight is 469 g/mol. The predicted molar refractivity (Wildman–Crippen MR) is 127 cm³/mol. The fourth-order valence-electron chi connectivity index (χ4n) is 3.10. The molecule has 4 rings (SSSR count). The molecule has 1 amide bonds. The normalized spacial score (nSPS) is 16.1. The number of anilines is 1. The molecule has 32 heavy (non-hydrogen) atoms. The second kappa shape index (κ2) is 9.41. The van der Waals surface area contributed by atoms with E-state index in [9.17, 15) is 4.79 Å². The van der Waals surface area contributed by atoms with Gasteiger partial charge in [0.2, 0.25) is 10.9 Å². The molecule has 1 aliphatic heterocycles. The first-order chi connectivity index (χ1) is 15.5. The predicted octanol–water partition coefficient (Wildman–Crippen LogP) is 4.68. The minimum atomic E-state index is -0.185. The lowest BCUT2D eigenvalue weighted by molar-refractivity contribution is -0.113. The molecule has 0 spiro atoms. The molecule has 8 nitrogen and oxygen atoms in total. The zero-order valence-corrected chi connectivity index (χ0v) is 19.5. The number of amidine groups is 1. The van der Waals surface area contributed by atoms with Crippen molar-refractivity contribution >= 4 is 51.1 Å². The van der Waals surface area contributed by atoms with Crippen molar-refractivity contribution in [3.05, 3.63) is 57.9 Å². The lowest BCUT2D eigenvalue weighted by Gasteiger charge is -2.15. The first-order valence-electron chi connectivity index (χ1n) is 9.52. The Morgan fingerprint density at radius 1 is 1.00 bits per heavy atom. The Kier molecular flexibility index (Phi) is 6.42. The van der Waals surface area contributed by atoms with E-state index in [-0.39, 0.29) is 5.91 Å². The number of amides is 1. The third kappa shape index (κ3) is 4.32. The number of aliphatic imine (C=N–C) groups is 1. The quantitative estimate of drug-likeness (QED) is 0.486. The third-order valence-electron chi connectivity index (χ3n) is 4.51. The van der Waals surface area contributed by atoms with Crippen molar-refractivity contribution < 1.29 is 19.0 Å². The second-order valence-electron chi connectivity index (χ2n) is 6.54. The number of carbonyl (C=O) groups is 1. The van der Waals surface area contributed by atoms with Gasteiger partial charge < -0.3 is 14.2 Å². The van der Waals surface area contributed by atoms with E-state index in [2.05, 4.69) is 15.2 Å². The topological polar surface area (TPSA) is 86.1 Å². The van der Waals surface area contributed by atoms with Crippen molar-refractivity contribution in [3.63, 3.8) is 0 Å². The summed E-state index contributed by atoms with van der Waals surface area (Å²) in [5, 5.41) is 9.89. The van der Waals surface area contributed by atoms with Crippen LogP contribution in [0.25, 0.3) is 6.08 Å². The molecule has 2 aromatic carbocycles. The number of thioether (sulfide) groups is 1. The van der Waals surface area contributed by atoms with Gasteiger partial charge >= 0.3 is 0 Å². The molecule has 1 aliphatic rings. The lowest BCUT2D eigenvalue weighted by atomic mass is 10.1. The first kappa shape index (κ1) is 21.8. The van der Waals surface area contributed by atoms with Crippen LogP contribution >= 0.6 is 23.1 Å². The number of rotatable bonds is 6. The molecule has 0 atom stereocenters. The summed E-state index contributed by atoms with van der Waals surface area (Å²) in [6.07, 6.45) is 1.78. The van der Waals surface area contributed by atoms with Crippen LogP contribution < -0.4 is 19.1 Å². The molecule has 10 heteroatoms. The summed E-state index contributed by atoms with van der Waals surface area (Å²) in [5.74, 6) is 1.32. The van der Waals surface area contributed by atoms with E-state index >= 15 is 0 Å². The Labute approximate surface area is 193 Å². The maximum atomic E-state index is 13.4. The monoisotopic (exact) mass is 468 g/mol. The summed E-state index contributed by atoms with van der Waals surface area (Å²) in [6, 6.07) is 13.0. The SMILES string of the molecule is COc1cc(/C=C2\S/C(=N/c3nnc(C)s3)N(c3ccccc3)C2=O)cc(OC)c1OC. The van der Waals surface area contributed by atoms with E-state index in [1.165, 1.54) is 23.1 Å². The number of methoxy groups -OCH3 is 3. The van der Waals surface area contributed by atoms with Crippen molar-refractivity contribution in [2.75, 3.05) is 26.2 Å². The number of nitrogens with zero attached hydrogens (tertiary/aromatic N) is 4. The fourth-order valence-corrected chi connectivity index (χ4v) is 4.70. The Bertz CT molecular complexity index is 1180. The number of benzene rings is 2. The van der Waals surface area contributed by atoms with Crippen LogP contribution in [-0.2, 0) is 4.79 Å². The van der Waals surface area contributed by atoms with Crippen LogP contribution in [0.1, 0.15) is 10.6 Å². The largest absolute Gasteiger partial charge is 0.493 e. The number of aryl methyl sites for hydroxylation is 1. The van der Waals surface area contributed by atoms with Gasteiger partial charge in [0.25, 0.3) is 5.91 Å². The van der Waals surface area contributed by atoms with Gasteiger partial charge in [0.05, 0.1) is 31.9 Å². The van der Waals surface area contributed by atoms with Crippen LogP contribution in [0.5, 0.6) is 17.2 Å². The van der Waals surface area contributed by atoms with Crippen LogP contribution in [0.4, 0.5) is 10.8 Å². The van der Waals surface area contributed by atoms with E-state index in [0.717, 1.165) is 16.3 Å². The van der Waals surface area contributed by atoms with E-state index in [1.54, 1.807) is 44.4 Å². The summed E-state index contributed by atoms with van der Waals surface area (Å²) < 4.78 is 16.2. The highest BCUT2D eigenvalue weighted by Gasteiger charge is 2.35. The fraction of sp³-hybridized carbons (Fsp3) is 0.182. The molecule has 0 unspecified atom stereocenters. The van der Waals surface area contributed by atoms with E-state index in [1.807, 2.05) is 37.3 Å². The molecule has 1 fully saturated rings. The zero-order valence-electron chi connectivity index (χ0n) is 17.9. The molecule has 1 saturated heterocycles. The van der Waals surface area contributed by atoms with Crippen LogP contribution in [0, 0.1) is 6.92 Å². The highest BCUT2D eigenvalue weighted by Crippen LogP contribution is 2.41. The number of para-hydroxylation sites is 1. The highest BCUT2D eigenvalue weighted by molar-refractivity contribution is 8.19. The van der Waals surface area contributed by atoms with E-state index in [4.69, 9.17) is 14.2 Å². The van der Waals surface area contributed by atoms with Crippen LogP contribution in [-0.4, -0.2) is 42.6 Å². The molecule has 0 bridgehead atoms. The molecule has 3 aromatic rings. The van der Waals surface area contributed by atoms with Gasteiger partial charge in [-0.3, -0.25) is 9.69 Å². The Morgan fingerprint density at radius 2 is 1.69 bits per heavy atom. The van der Waals surface area contributed by atoms with Crippen molar-refractivity contribution in [2.24, 2.45) is 4.99 Å². The van der Waals surface area contributed by atoms with Gasteiger partial charge in [-0.25, -0.2) is 0 Å². The van der Waals surface area contributed by atoms with Crippen LogP contribution in [0.2, 0.25) is 0 Å². The summed E-state index contributed by atoms with van der Waals surface area (Å²) in [7, 11) is 4.65. The minimum absolute atomic E-state index is 0.185. The van der Waals surface area contributed by atoms with Gasteiger partial charge in [-0.1, -0.05) is 29.5 Å². The Morgan fingerprint density at radius 3 is 2.25 bits per heavy atom. The van der Waals surface area contributed by atoms with Gasteiger partial charge in [-0.05, 0) is 54.6 Å². The number of ether oxygens (including phenoxy) is 3. The molecular formula is C22H20N4O4S2. The standard InChI is InChI=1S/C22H20N4O4S2/c1-13-24-25-21(31-13)23-22-26(15-8-6-5-7-9-15)20(27)18(32-22)12-14-10-16(28-2)19(30-4)17(11-14)29-3/h5-12H,1-4H3/b18-12-,23-22+. The number of hydrogen-bond acceptors (Lipinski definition) is 9. The second-order valence-corrected chi connectivity index (χ2v) is 8.71. The first-order valence-corrected chi connectivity index (χ1v) is 11.1. The van der Waals surface area contributed by atoms with Crippen molar-refractivity contribution in [2.45, 2.75) is 6.92 Å². The van der Waals surface area contributed by atoms with Gasteiger partial charge in [0.15, 0.2) is 16.7 Å². The summed E-state index contributed by atoms with van der Waals surface area (Å²) >= 11 is 2.64. The van der Waals surface area contributed by atoms with Gasteiger partial charge in [-0.2, -0.15) is 4.99 Å². The van der Waals surface area contributed by atoms with E-state index < -0.39 is 0 Å².